The van der Waals surface area contributed by atoms with Crippen LogP contribution in [0.25, 0.3) is 0 Å². The number of hydrogen-bond donors (Lipinski definition) is 2. The van der Waals surface area contributed by atoms with Crippen molar-refractivity contribution in [1.29, 1.82) is 0 Å². The summed E-state index contributed by atoms with van der Waals surface area (Å²) in [5.41, 5.74) is -0.556. The topological polar surface area (TPSA) is 95.7 Å². The maximum atomic E-state index is 12.3. The highest BCUT2D eigenvalue weighted by Crippen LogP contribution is 2.36. The molecule has 1 aromatic carbocycles. The van der Waals surface area contributed by atoms with Crippen molar-refractivity contribution in [2.75, 3.05) is 0 Å². The summed E-state index contributed by atoms with van der Waals surface area (Å²) in [5, 5.41) is 25.2. The van der Waals surface area contributed by atoms with Crippen molar-refractivity contribution < 1.29 is 14.9 Å². The smallest absolute Gasteiger partial charge is 0.269 e. The number of rotatable bonds is 3. The lowest BCUT2D eigenvalue weighted by atomic mass is 9.79. The summed E-state index contributed by atoms with van der Waals surface area (Å²) in [5.74, 6) is -0.261. The monoisotopic (exact) mass is 357 g/mol. The highest BCUT2D eigenvalue weighted by atomic mass is 35.5. The molecule has 7 nitrogen and oxygen atoms in total. The third-order valence-corrected chi connectivity index (χ3v) is 4.31. The fourth-order valence-electron chi connectivity index (χ4n) is 3.38. The van der Waals surface area contributed by atoms with Gasteiger partial charge in [0.2, 0.25) is 0 Å². The zero-order valence-electron chi connectivity index (χ0n) is 14.3. The van der Waals surface area contributed by atoms with Crippen molar-refractivity contribution in [3.63, 3.8) is 0 Å². The lowest BCUT2D eigenvalue weighted by Gasteiger charge is -2.51. The number of hydroxylamine groups is 2. The number of nitro groups is 1. The average molecular weight is 358 g/mol. The fraction of sp³-hybridized carbons (Fsp3) is 0.562. The molecule has 0 aromatic heterocycles. The van der Waals surface area contributed by atoms with Gasteiger partial charge in [-0.25, -0.2) is 0 Å². The van der Waals surface area contributed by atoms with Crippen molar-refractivity contribution in [2.24, 2.45) is 0 Å². The Labute approximate surface area is 147 Å². The Bertz CT molecular complexity index is 598. The van der Waals surface area contributed by atoms with Crippen molar-refractivity contribution in [3.05, 3.63) is 39.9 Å². The van der Waals surface area contributed by atoms with Crippen molar-refractivity contribution in [1.82, 2.24) is 10.4 Å². The van der Waals surface area contributed by atoms with Crippen LogP contribution in [0.15, 0.2) is 24.3 Å². The average Bonchev–Trinajstić information content (AvgIpc) is 2.44. The molecule has 24 heavy (non-hydrogen) atoms. The number of piperidine rings is 1. The molecule has 0 atom stereocenters. The Morgan fingerprint density at radius 1 is 1.21 bits per heavy atom. The molecule has 1 aliphatic heterocycles. The van der Waals surface area contributed by atoms with E-state index in [-0.39, 0.29) is 30.0 Å². The van der Waals surface area contributed by atoms with Crippen LogP contribution < -0.4 is 5.32 Å². The molecule has 1 aromatic rings. The SMILES string of the molecule is CC1(C)CC(NC(=O)c2ccc([N+](=O)[O-])cc2)CC(C)(C)N1O.Cl. The van der Waals surface area contributed by atoms with Gasteiger partial charge in [-0.3, -0.25) is 14.9 Å². The van der Waals surface area contributed by atoms with Crippen LogP contribution in [0.1, 0.15) is 50.9 Å². The van der Waals surface area contributed by atoms with Crippen LogP contribution in [0.2, 0.25) is 0 Å². The second-order valence-corrected chi connectivity index (χ2v) is 7.32. The highest BCUT2D eigenvalue weighted by molar-refractivity contribution is 5.94. The number of carbonyl (C=O) groups excluding carboxylic acids is 1. The highest BCUT2D eigenvalue weighted by Gasteiger charge is 2.45. The van der Waals surface area contributed by atoms with Crippen LogP contribution in [0.5, 0.6) is 0 Å². The van der Waals surface area contributed by atoms with Crippen molar-refractivity contribution in [3.8, 4) is 0 Å². The number of amides is 1. The Morgan fingerprint density at radius 2 is 1.67 bits per heavy atom. The van der Waals surface area contributed by atoms with E-state index in [1.165, 1.54) is 29.3 Å². The summed E-state index contributed by atoms with van der Waals surface area (Å²) in [6, 6.07) is 5.46. The first-order valence-electron chi connectivity index (χ1n) is 7.57. The van der Waals surface area contributed by atoms with Crippen LogP contribution in [0, 0.1) is 10.1 Å². The molecule has 0 unspecified atom stereocenters. The molecule has 1 heterocycles. The number of nitro benzene ring substituents is 1. The van der Waals surface area contributed by atoms with Gasteiger partial charge in [0.15, 0.2) is 0 Å². The van der Waals surface area contributed by atoms with Crippen LogP contribution in [-0.2, 0) is 0 Å². The van der Waals surface area contributed by atoms with Crippen molar-refractivity contribution >= 4 is 24.0 Å². The minimum absolute atomic E-state index is 0. The van der Waals surface area contributed by atoms with E-state index in [0.717, 1.165) is 0 Å². The molecule has 2 N–H and O–H groups in total. The molecule has 8 heteroatoms. The Hall–Kier alpha value is -1.70. The quantitative estimate of drug-likeness (QED) is 0.640. The third-order valence-electron chi connectivity index (χ3n) is 4.31. The van der Waals surface area contributed by atoms with Crippen LogP contribution in [0.4, 0.5) is 5.69 Å². The first-order valence-corrected chi connectivity index (χ1v) is 7.57. The van der Waals surface area contributed by atoms with Gasteiger partial charge in [0.05, 0.1) is 4.92 Å². The number of hydrogen-bond acceptors (Lipinski definition) is 5. The Kier molecular flexibility index (Phi) is 5.97. The molecule has 134 valence electrons. The first kappa shape index (κ1) is 20.3. The van der Waals surface area contributed by atoms with Crippen molar-refractivity contribution in [2.45, 2.75) is 57.7 Å². The van der Waals surface area contributed by atoms with Gasteiger partial charge < -0.3 is 10.5 Å². The number of non-ortho nitro benzene ring substituents is 1. The maximum absolute atomic E-state index is 12.3. The molecule has 1 saturated heterocycles. The molecule has 2 rings (SSSR count). The molecule has 0 aliphatic carbocycles. The lowest BCUT2D eigenvalue weighted by Crippen LogP contribution is -2.62. The largest absolute Gasteiger partial charge is 0.349 e. The van der Waals surface area contributed by atoms with Gasteiger partial charge in [0, 0.05) is 34.8 Å². The van der Waals surface area contributed by atoms with E-state index >= 15 is 0 Å². The van der Waals surface area contributed by atoms with E-state index in [1.54, 1.807) is 0 Å². The van der Waals surface area contributed by atoms with E-state index in [4.69, 9.17) is 0 Å². The summed E-state index contributed by atoms with van der Waals surface area (Å²) >= 11 is 0. The number of nitrogens with zero attached hydrogens (tertiary/aromatic N) is 2. The van der Waals surface area contributed by atoms with Gasteiger partial charge in [0.1, 0.15) is 0 Å². The van der Waals surface area contributed by atoms with E-state index in [1.807, 2.05) is 27.7 Å². The summed E-state index contributed by atoms with van der Waals surface area (Å²) in [6.07, 6.45) is 1.23. The van der Waals surface area contributed by atoms with E-state index in [0.29, 0.717) is 18.4 Å². The normalized spacial score (nSPS) is 20.0. The predicted molar refractivity (Wildman–Crippen MR) is 92.6 cm³/mol. The fourth-order valence-corrected chi connectivity index (χ4v) is 3.38. The molecule has 1 amide bonds. The number of carbonyl (C=O) groups is 1. The Balaban J connectivity index is 0.00000288. The minimum atomic E-state index is -0.496. The summed E-state index contributed by atoms with van der Waals surface area (Å²) in [4.78, 5) is 22.5. The summed E-state index contributed by atoms with van der Waals surface area (Å²) in [7, 11) is 0. The molecule has 0 bridgehead atoms. The molecule has 0 saturated carbocycles. The molecular formula is C16H24ClN3O4. The van der Waals surface area contributed by atoms with Gasteiger partial charge >= 0.3 is 0 Å². The van der Waals surface area contributed by atoms with Gasteiger partial charge in [-0.1, -0.05) is 0 Å². The molecule has 0 radical (unpaired) electrons. The van der Waals surface area contributed by atoms with Gasteiger partial charge in [-0.05, 0) is 52.7 Å². The summed E-state index contributed by atoms with van der Waals surface area (Å²) < 4.78 is 0. The molecular weight excluding hydrogens is 334 g/mol. The summed E-state index contributed by atoms with van der Waals surface area (Å²) in [6.45, 7) is 7.72. The number of nitrogens with one attached hydrogen (secondary N) is 1. The van der Waals surface area contributed by atoms with E-state index in [2.05, 4.69) is 5.32 Å². The number of halogens is 1. The maximum Gasteiger partial charge on any atom is 0.269 e. The Morgan fingerprint density at radius 3 is 2.08 bits per heavy atom. The molecule has 0 spiro atoms. The number of benzene rings is 1. The van der Waals surface area contributed by atoms with Crippen LogP contribution in [-0.4, -0.2) is 38.2 Å². The zero-order chi connectivity index (χ0) is 17.4. The van der Waals surface area contributed by atoms with Crippen LogP contribution in [0.3, 0.4) is 0 Å². The second kappa shape index (κ2) is 7.04. The van der Waals surface area contributed by atoms with Gasteiger partial charge in [-0.15, -0.1) is 12.4 Å². The van der Waals surface area contributed by atoms with E-state index < -0.39 is 16.0 Å². The van der Waals surface area contributed by atoms with Gasteiger partial charge in [0.25, 0.3) is 11.6 Å². The van der Waals surface area contributed by atoms with Gasteiger partial charge in [-0.2, -0.15) is 5.06 Å². The second-order valence-electron chi connectivity index (χ2n) is 7.32. The minimum Gasteiger partial charge on any atom is -0.349 e. The first-order chi connectivity index (χ1) is 10.5. The lowest BCUT2D eigenvalue weighted by molar-refractivity contribution is -0.384. The predicted octanol–water partition coefficient (Wildman–Crippen LogP) is 3.16. The zero-order valence-corrected chi connectivity index (χ0v) is 15.1. The third kappa shape index (κ3) is 4.23. The molecule has 1 fully saturated rings. The standard InChI is InChI=1S/C16H23N3O4.ClH/c1-15(2)9-12(10-16(3,4)19(15)23)17-14(20)11-5-7-13(8-6-11)18(21)22;/h5-8,12,23H,9-10H2,1-4H3,(H,17,20);1H. The van der Waals surface area contributed by atoms with E-state index in [9.17, 15) is 20.1 Å². The molecule has 1 aliphatic rings. The van der Waals surface area contributed by atoms with Crippen LogP contribution >= 0.6 is 12.4 Å².